The summed E-state index contributed by atoms with van der Waals surface area (Å²) in [5.74, 6) is -0.498. The summed E-state index contributed by atoms with van der Waals surface area (Å²) in [5, 5.41) is 8.48. The number of ketones is 1. The smallest absolute Gasteiger partial charge is 0.246 e. The summed E-state index contributed by atoms with van der Waals surface area (Å²) < 4.78 is 31.4. The molecule has 2 amide bonds. The Kier molecular flexibility index (Phi) is 23.7. The van der Waals surface area contributed by atoms with Gasteiger partial charge in [-0.15, -0.1) is 0 Å². The first-order chi connectivity index (χ1) is 16.1. The highest BCUT2D eigenvalue weighted by Gasteiger charge is 2.02. The van der Waals surface area contributed by atoms with Crippen LogP contribution in [0.15, 0.2) is 0 Å². The number of likely N-dealkylation sites (N-methyl/N-ethyl adjacent to an activating group) is 1. The van der Waals surface area contributed by atoms with Gasteiger partial charge < -0.3 is 44.4 Å². The zero-order valence-electron chi connectivity index (χ0n) is 20.0. The fraction of sp³-hybridized carbons (Fsp3) is 0.857. The molecule has 12 nitrogen and oxygen atoms in total. The van der Waals surface area contributed by atoms with Gasteiger partial charge in [0, 0.05) is 19.6 Å². The zero-order chi connectivity index (χ0) is 24.4. The molecular weight excluding hydrogens is 438 g/mol. The zero-order valence-corrected chi connectivity index (χ0v) is 20.0. The maximum Gasteiger partial charge on any atom is 0.246 e. The van der Waals surface area contributed by atoms with Gasteiger partial charge in [0.05, 0.1) is 59.5 Å². The van der Waals surface area contributed by atoms with E-state index in [0.29, 0.717) is 65.9 Å². The second-order valence-corrected chi connectivity index (χ2v) is 6.75. The molecule has 0 fully saturated rings. The number of Topliss-reactive ketones (excluding diaryl/α,β-unsaturated/α-hetero) is 1. The van der Waals surface area contributed by atoms with Crippen LogP contribution in [0.25, 0.3) is 0 Å². The molecule has 0 aliphatic heterocycles. The van der Waals surface area contributed by atoms with Crippen LogP contribution in [0.3, 0.4) is 0 Å². The quantitative estimate of drug-likeness (QED) is 0.133. The first kappa shape index (κ1) is 31.3. The van der Waals surface area contributed by atoms with E-state index in [1.807, 2.05) is 6.92 Å². The Morgan fingerprint density at radius 2 is 0.939 bits per heavy atom. The fourth-order valence-corrected chi connectivity index (χ4v) is 2.15. The van der Waals surface area contributed by atoms with Crippen molar-refractivity contribution in [2.75, 3.05) is 105 Å². The van der Waals surface area contributed by atoms with Crippen LogP contribution in [0, 0.1) is 0 Å². The van der Waals surface area contributed by atoms with Crippen molar-refractivity contribution in [2.45, 2.75) is 13.8 Å². The third-order valence-corrected chi connectivity index (χ3v) is 3.70. The summed E-state index contributed by atoms with van der Waals surface area (Å²) in [6.45, 7) is 9.29. The molecule has 12 heteroatoms. The number of ether oxygens (including phenoxy) is 6. The lowest BCUT2D eigenvalue weighted by Crippen LogP contribution is -2.32. The normalized spacial score (nSPS) is 10.8. The number of hydrogen-bond donors (Lipinski definition) is 3. The van der Waals surface area contributed by atoms with E-state index in [1.54, 1.807) is 0 Å². The largest absolute Gasteiger partial charge is 0.378 e. The molecule has 0 aromatic rings. The standard InChI is InChI=1S/C21H41N3O9/c1-3-22-4-7-28-11-14-32-17-20(26)24-6-9-30-12-15-33-18-21(27)23-5-8-29-10-13-31-16-19(2)25/h22H,3-18H2,1-2H3,(H,23,27)(H,24,26). The molecule has 0 heterocycles. The van der Waals surface area contributed by atoms with Gasteiger partial charge in [-0.3, -0.25) is 14.4 Å². The molecule has 0 atom stereocenters. The van der Waals surface area contributed by atoms with Crippen molar-refractivity contribution < 1.29 is 42.8 Å². The molecule has 0 aromatic carbocycles. The van der Waals surface area contributed by atoms with Crippen LogP contribution < -0.4 is 16.0 Å². The third kappa shape index (κ3) is 26.5. The van der Waals surface area contributed by atoms with Crippen LogP contribution in [0.2, 0.25) is 0 Å². The molecule has 33 heavy (non-hydrogen) atoms. The minimum absolute atomic E-state index is 0.0204. The van der Waals surface area contributed by atoms with Gasteiger partial charge >= 0.3 is 0 Å². The predicted octanol–water partition coefficient (Wildman–Crippen LogP) is -1.48. The van der Waals surface area contributed by atoms with Crippen molar-refractivity contribution in [1.29, 1.82) is 0 Å². The Labute approximate surface area is 196 Å². The van der Waals surface area contributed by atoms with Crippen LogP contribution in [-0.2, 0) is 42.8 Å². The van der Waals surface area contributed by atoms with E-state index in [2.05, 4.69) is 16.0 Å². The van der Waals surface area contributed by atoms with Gasteiger partial charge in [-0.2, -0.15) is 0 Å². The van der Waals surface area contributed by atoms with E-state index in [1.165, 1.54) is 6.92 Å². The number of amides is 2. The van der Waals surface area contributed by atoms with Gasteiger partial charge in [-0.25, -0.2) is 0 Å². The summed E-state index contributed by atoms with van der Waals surface area (Å²) in [4.78, 5) is 33.8. The highest BCUT2D eigenvalue weighted by atomic mass is 16.5. The molecule has 0 bridgehead atoms. The molecule has 3 N–H and O–H groups in total. The molecule has 0 spiro atoms. The lowest BCUT2D eigenvalue weighted by atomic mass is 10.5. The highest BCUT2D eigenvalue weighted by Crippen LogP contribution is 1.83. The average Bonchev–Trinajstić information content (AvgIpc) is 2.78. The Balaban J connectivity index is 3.27. The van der Waals surface area contributed by atoms with Crippen molar-refractivity contribution in [2.24, 2.45) is 0 Å². The number of nitrogens with one attached hydrogen (secondary N) is 3. The van der Waals surface area contributed by atoms with Gasteiger partial charge in [0.2, 0.25) is 11.8 Å². The molecule has 0 saturated heterocycles. The van der Waals surface area contributed by atoms with Crippen LogP contribution in [-0.4, -0.2) is 123 Å². The summed E-state index contributed by atoms with van der Waals surface area (Å²) >= 11 is 0. The van der Waals surface area contributed by atoms with E-state index in [9.17, 15) is 14.4 Å². The lowest BCUT2D eigenvalue weighted by Gasteiger charge is -2.09. The molecule has 0 unspecified atom stereocenters. The minimum atomic E-state index is -0.248. The maximum absolute atomic E-state index is 11.6. The monoisotopic (exact) mass is 479 g/mol. The Morgan fingerprint density at radius 1 is 0.545 bits per heavy atom. The lowest BCUT2D eigenvalue weighted by molar-refractivity contribution is -0.127. The second-order valence-electron chi connectivity index (χ2n) is 6.75. The van der Waals surface area contributed by atoms with Crippen LogP contribution in [0.4, 0.5) is 0 Å². The van der Waals surface area contributed by atoms with Crippen LogP contribution in [0.1, 0.15) is 13.8 Å². The van der Waals surface area contributed by atoms with Crippen LogP contribution >= 0.6 is 0 Å². The first-order valence-electron chi connectivity index (χ1n) is 11.3. The molecule has 0 rings (SSSR count). The summed E-state index contributed by atoms with van der Waals surface area (Å²) in [7, 11) is 0. The molecule has 0 aromatic heterocycles. The van der Waals surface area contributed by atoms with Gasteiger partial charge in [-0.05, 0) is 13.5 Å². The molecule has 0 saturated carbocycles. The Morgan fingerprint density at radius 3 is 1.36 bits per heavy atom. The molecule has 194 valence electrons. The van der Waals surface area contributed by atoms with E-state index in [4.69, 9.17) is 28.4 Å². The van der Waals surface area contributed by atoms with Crippen molar-refractivity contribution in [1.82, 2.24) is 16.0 Å². The van der Waals surface area contributed by atoms with E-state index >= 15 is 0 Å². The fourth-order valence-electron chi connectivity index (χ4n) is 2.15. The van der Waals surface area contributed by atoms with E-state index in [0.717, 1.165) is 13.1 Å². The van der Waals surface area contributed by atoms with Gasteiger partial charge in [-0.1, -0.05) is 6.92 Å². The average molecular weight is 480 g/mol. The van der Waals surface area contributed by atoms with Crippen molar-refractivity contribution >= 4 is 17.6 Å². The second kappa shape index (κ2) is 25.0. The topological polar surface area (TPSA) is 143 Å². The molecular formula is C21H41N3O9. The summed E-state index contributed by atoms with van der Waals surface area (Å²) in [6.07, 6.45) is 0. The summed E-state index contributed by atoms with van der Waals surface area (Å²) in [5.41, 5.74) is 0. The third-order valence-electron chi connectivity index (χ3n) is 3.70. The predicted molar refractivity (Wildman–Crippen MR) is 120 cm³/mol. The van der Waals surface area contributed by atoms with Crippen LogP contribution in [0.5, 0.6) is 0 Å². The number of carbonyl (C=O) groups is 3. The highest BCUT2D eigenvalue weighted by molar-refractivity contribution is 5.77. The molecule has 0 aliphatic rings. The first-order valence-corrected chi connectivity index (χ1v) is 11.3. The van der Waals surface area contributed by atoms with Gasteiger partial charge in [0.1, 0.15) is 19.8 Å². The van der Waals surface area contributed by atoms with Crippen molar-refractivity contribution in [3.8, 4) is 0 Å². The maximum atomic E-state index is 11.6. The Bertz CT molecular complexity index is 496. The van der Waals surface area contributed by atoms with Gasteiger partial charge in [0.15, 0.2) is 5.78 Å². The van der Waals surface area contributed by atoms with Crippen molar-refractivity contribution in [3.63, 3.8) is 0 Å². The van der Waals surface area contributed by atoms with E-state index in [-0.39, 0.29) is 44.0 Å². The minimum Gasteiger partial charge on any atom is -0.378 e. The number of carbonyl (C=O) groups excluding carboxylic acids is 3. The SMILES string of the molecule is CCNCCOCCOCC(=O)NCCOCCOCC(=O)NCCOCCOCC(C)=O. The Hall–Kier alpha value is -1.67. The van der Waals surface area contributed by atoms with Gasteiger partial charge in [0.25, 0.3) is 0 Å². The molecule has 0 aliphatic carbocycles. The summed E-state index contributed by atoms with van der Waals surface area (Å²) in [6, 6.07) is 0. The number of hydrogen-bond acceptors (Lipinski definition) is 10. The van der Waals surface area contributed by atoms with E-state index < -0.39 is 0 Å². The molecule has 0 radical (unpaired) electrons. The van der Waals surface area contributed by atoms with Crippen molar-refractivity contribution in [3.05, 3.63) is 0 Å². The number of rotatable bonds is 25.